The molecule has 2 rings (SSSR count). The van der Waals surface area contributed by atoms with E-state index in [2.05, 4.69) is 24.5 Å². The van der Waals surface area contributed by atoms with Gasteiger partial charge in [0.15, 0.2) is 5.96 Å². The Balaban J connectivity index is 0.00000312. The summed E-state index contributed by atoms with van der Waals surface area (Å²) in [5, 5.41) is 6.80. The molecule has 0 unspecified atom stereocenters. The van der Waals surface area contributed by atoms with Crippen molar-refractivity contribution in [1.29, 1.82) is 0 Å². The molecule has 0 amide bonds. The van der Waals surface area contributed by atoms with Crippen molar-refractivity contribution in [3.8, 4) is 0 Å². The van der Waals surface area contributed by atoms with Gasteiger partial charge in [0, 0.05) is 46.1 Å². The molecule has 1 saturated carbocycles. The fourth-order valence-corrected chi connectivity index (χ4v) is 3.43. The number of ether oxygens (including phenoxy) is 2. The smallest absolute Gasteiger partial charge is 0.191 e. The van der Waals surface area contributed by atoms with Crippen molar-refractivity contribution in [2.75, 3.05) is 46.1 Å². The number of nitrogens with zero attached hydrogens (tertiary/aromatic N) is 1. The summed E-state index contributed by atoms with van der Waals surface area (Å²) in [4.78, 5) is 4.81. The lowest BCUT2D eigenvalue weighted by Crippen LogP contribution is -2.40. The van der Waals surface area contributed by atoms with E-state index in [0.717, 1.165) is 71.3 Å². The molecule has 0 aromatic rings. The number of halogens is 1. The van der Waals surface area contributed by atoms with E-state index in [-0.39, 0.29) is 24.0 Å². The van der Waals surface area contributed by atoms with Crippen LogP contribution in [0.4, 0.5) is 0 Å². The van der Waals surface area contributed by atoms with Crippen LogP contribution in [0.25, 0.3) is 0 Å². The Morgan fingerprint density at radius 3 is 2.56 bits per heavy atom. The molecule has 2 aliphatic rings. The van der Waals surface area contributed by atoms with Crippen LogP contribution < -0.4 is 10.6 Å². The summed E-state index contributed by atoms with van der Waals surface area (Å²) < 4.78 is 11.2. The second kappa shape index (κ2) is 13.1. The van der Waals surface area contributed by atoms with Crippen molar-refractivity contribution in [2.45, 2.75) is 58.8 Å². The molecular formula is C19H38IN3O2. The van der Waals surface area contributed by atoms with Crippen molar-refractivity contribution in [3.05, 3.63) is 0 Å². The Morgan fingerprint density at radius 2 is 1.96 bits per heavy atom. The van der Waals surface area contributed by atoms with Gasteiger partial charge in [-0.1, -0.05) is 13.3 Å². The highest BCUT2D eigenvalue weighted by Gasteiger charge is 2.34. The molecule has 0 bridgehead atoms. The predicted octanol–water partition coefficient (Wildman–Crippen LogP) is 3.57. The zero-order chi connectivity index (χ0) is 17.1. The number of nitrogens with one attached hydrogen (secondary N) is 2. The van der Waals surface area contributed by atoms with E-state index in [9.17, 15) is 0 Å². The lowest BCUT2D eigenvalue weighted by molar-refractivity contribution is 0.0203. The molecule has 1 heterocycles. The molecule has 0 aromatic heterocycles. The van der Waals surface area contributed by atoms with Crippen LogP contribution in [0.5, 0.6) is 0 Å². The standard InChI is InChI=1S/C19H37N3O2.HI/c1-3-19(9-5-10-19)16-22-18(20-4-2)21-11-6-12-24-15-17-7-13-23-14-8-17;/h17H,3-16H2,1-2H3,(H2,20,21,22);1H. The predicted molar refractivity (Wildman–Crippen MR) is 115 cm³/mol. The maximum absolute atomic E-state index is 5.82. The second-order valence-electron chi connectivity index (χ2n) is 7.31. The minimum atomic E-state index is 0. The molecule has 1 aliphatic carbocycles. The van der Waals surface area contributed by atoms with Gasteiger partial charge in [0.05, 0.1) is 0 Å². The molecule has 5 nitrogen and oxygen atoms in total. The summed E-state index contributed by atoms with van der Waals surface area (Å²) in [5.41, 5.74) is 0.481. The number of aliphatic imine (C=N–C) groups is 1. The van der Waals surface area contributed by atoms with Crippen LogP contribution in [-0.4, -0.2) is 52.0 Å². The van der Waals surface area contributed by atoms with E-state index in [1.165, 1.54) is 25.7 Å². The van der Waals surface area contributed by atoms with Gasteiger partial charge in [-0.15, -0.1) is 24.0 Å². The van der Waals surface area contributed by atoms with Crippen molar-refractivity contribution in [1.82, 2.24) is 10.6 Å². The van der Waals surface area contributed by atoms with E-state index in [1.807, 2.05) is 0 Å². The van der Waals surface area contributed by atoms with Gasteiger partial charge < -0.3 is 20.1 Å². The van der Waals surface area contributed by atoms with E-state index in [1.54, 1.807) is 0 Å². The first-order valence-corrected chi connectivity index (χ1v) is 9.95. The molecule has 0 aromatic carbocycles. The van der Waals surface area contributed by atoms with Crippen LogP contribution in [0, 0.1) is 11.3 Å². The van der Waals surface area contributed by atoms with Crippen LogP contribution >= 0.6 is 24.0 Å². The average Bonchev–Trinajstić information content (AvgIpc) is 2.58. The lowest BCUT2D eigenvalue weighted by atomic mass is 9.67. The number of hydrogen-bond acceptors (Lipinski definition) is 3. The fraction of sp³-hybridized carbons (Fsp3) is 0.947. The van der Waals surface area contributed by atoms with E-state index in [0.29, 0.717) is 11.3 Å². The van der Waals surface area contributed by atoms with Gasteiger partial charge in [-0.25, -0.2) is 0 Å². The number of guanidine groups is 1. The van der Waals surface area contributed by atoms with Gasteiger partial charge >= 0.3 is 0 Å². The lowest BCUT2D eigenvalue weighted by Gasteiger charge is -2.40. The van der Waals surface area contributed by atoms with Crippen molar-refractivity contribution >= 4 is 29.9 Å². The third kappa shape index (κ3) is 8.43. The second-order valence-corrected chi connectivity index (χ2v) is 7.31. The van der Waals surface area contributed by atoms with Gasteiger partial charge in [0.25, 0.3) is 0 Å². The molecule has 0 atom stereocenters. The molecule has 0 spiro atoms. The van der Waals surface area contributed by atoms with Crippen LogP contribution in [0.1, 0.15) is 58.8 Å². The highest BCUT2D eigenvalue weighted by atomic mass is 127. The number of hydrogen-bond donors (Lipinski definition) is 2. The minimum absolute atomic E-state index is 0. The van der Waals surface area contributed by atoms with Crippen LogP contribution in [0.3, 0.4) is 0 Å². The topological polar surface area (TPSA) is 54.9 Å². The molecule has 1 saturated heterocycles. The highest BCUT2D eigenvalue weighted by Crippen LogP contribution is 2.43. The summed E-state index contributed by atoms with van der Waals surface area (Å²) in [6.07, 6.45) is 8.61. The largest absolute Gasteiger partial charge is 0.381 e. The van der Waals surface area contributed by atoms with Gasteiger partial charge in [-0.2, -0.15) is 0 Å². The van der Waals surface area contributed by atoms with E-state index < -0.39 is 0 Å². The van der Waals surface area contributed by atoms with Gasteiger partial charge in [0.1, 0.15) is 0 Å². The Labute approximate surface area is 171 Å². The van der Waals surface area contributed by atoms with Gasteiger partial charge in [0.2, 0.25) is 0 Å². The van der Waals surface area contributed by atoms with Crippen LogP contribution in [0.2, 0.25) is 0 Å². The summed E-state index contributed by atoms with van der Waals surface area (Å²) >= 11 is 0. The Bertz CT molecular complexity index is 364. The third-order valence-corrected chi connectivity index (χ3v) is 5.53. The van der Waals surface area contributed by atoms with Crippen molar-refractivity contribution < 1.29 is 9.47 Å². The summed E-state index contributed by atoms with van der Waals surface area (Å²) in [6.45, 7) is 10.7. The summed E-state index contributed by atoms with van der Waals surface area (Å²) in [5.74, 6) is 1.65. The van der Waals surface area contributed by atoms with Gasteiger partial charge in [-0.3, -0.25) is 4.99 Å². The SMILES string of the molecule is CCNC(=NCC1(CC)CCC1)NCCCOCC1CCOCC1.I. The zero-order valence-corrected chi connectivity index (χ0v) is 18.5. The summed E-state index contributed by atoms with van der Waals surface area (Å²) in [7, 11) is 0. The van der Waals surface area contributed by atoms with Crippen molar-refractivity contribution in [2.24, 2.45) is 16.3 Å². The minimum Gasteiger partial charge on any atom is -0.381 e. The molecule has 148 valence electrons. The maximum Gasteiger partial charge on any atom is 0.191 e. The van der Waals surface area contributed by atoms with Crippen LogP contribution in [0.15, 0.2) is 4.99 Å². The molecule has 25 heavy (non-hydrogen) atoms. The van der Waals surface area contributed by atoms with Gasteiger partial charge in [-0.05, 0) is 56.8 Å². The Kier molecular flexibility index (Phi) is 12.1. The first-order chi connectivity index (χ1) is 11.8. The monoisotopic (exact) mass is 467 g/mol. The molecule has 6 heteroatoms. The average molecular weight is 467 g/mol. The first kappa shape index (κ1) is 23.0. The number of rotatable bonds is 10. The van der Waals surface area contributed by atoms with E-state index >= 15 is 0 Å². The third-order valence-electron chi connectivity index (χ3n) is 5.53. The van der Waals surface area contributed by atoms with Crippen LogP contribution in [-0.2, 0) is 9.47 Å². The maximum atomic E-state index is 5.82. The molecule has 0 radical (unpaired) electrons. The summed E-state index contributed by atoms with van der Waals surface area (Å²) in [6, 6.07) is 0. The fourth-order valence-electron chi connectivity index (χ4n) is 3.43. The van der Waals surface area contributed by atoms with Crippen molar-refractivity contribution in [3.63, 3.8) is 0 Å². The quantitative estimate of drug-likeness (QED) is 0.223. The normalized spacial score (nSPS) is 20.5. The molecule has 1 aliphatic heterocycles. The molecule has 2 fully saturated rings. The first-order valence-electron chi connectivity index (χ1n) is 9.95. The van der Waals surface area contributed by atoms with E-state index in [4.69, 9.17) is 14.5 Å². The zero-order valence-electron chi connectivity index (χ0n) is 16.1. The molecule has 2 N–H and O–H groups in total. The highest BCUT2D eigenvalue weighted by molar-refractivity contribution is 14.0. The molecular weight excluding hydrogens is 429 g/mol. The Hall–Kier alpha value is -0.0800. The Morgan fingerprint density at radius 1 is 1.20 bits per heavy atom.